The maximum Gasteiger partial charge on any atom is 0.387 e. The minimum absolute atomic E-state index is 0.0219. The molecule has 0 heterocycles. The Morgan fingerprint density at radius 2 is 1.03 bits per heavy atom. The molecule has 174 valence electrons. The van der Waals surface area contributed by atoms with E-state index in [1.54, 1.807) is 24.3 Å². The number of alkyl halides is 4. The van der Waals surface area contributed by atoms with Gasteiger partial charge in [-0.1, -0.05) is 12.1 Å². The van der Waals surface area contributed by atoms with E-state index >= 15 is 0 Å². The van der Waals surface area contributed by atoms with Crippen molar-refractivity contribution in [3.05, 3.63) is 47.5 Å². The standard InChI is InChI=1S/C24H26F4O4/c25-23(26)31-19-9-7-15(11-21(19)29-13-17-3-4-17)1-2-16-8-10-20(32-24(27)28)22(12-16)30-14-18-5-6-18/h7-12,17-18,23-24H,1-6,13-14H2. The Morgan fingerprint density at radius 1 is 0.625 bits per heavy atom. The van der Waals surface area contributed by atoms with Crippen molar-refractivity contribution < 1.29 is 36.5 Å². The van der Waals surface area contributed by atoms with Crippen LogP contribution in [0.3, 0.4) is 0 Å². The number of halogens is 4. The number of rotatable bonds is 13. The van der Waals surface area contributed by atoms with Gasteiger partial charge in [-0.05, 0) is 85.8 Å². The fraction of sp³-hybridized carbons (Fsp3) is 0.500. The van der Waals surface area contributed by atoms with Gasteiger partial charge < -0.3 is 18.9 Å². The van der Waals surface area contributed by atoms with E-state index in [1.165, 1.54) is 12.1 Å². The zero-order valence-corrected chi connectivity index (χ0v) is 17.6. The lowest BCUT2D eigenvalue weighted by molar-refractivity contribution is -0.0521. The third kappa shape index (κ3) is 6.93. The van der Waals surface area contributed by atoms with Crippen LogP contribution in [0.15, 0.2) is 36.4 Å². The highest BCUT2D eigenvalue weighted by atomic mass is 19.3. The molecule has 0 radical (unpaired) electrons. The lowest BCUT2D eigenvalue weighted by Gasteiger charge is -2.15. The zero-order valence-electron chi connectivity index (χ0n) is 17.6. The van der Waals surface area contributed by atoms with Gasteiger partial charge in [-0.15, -0.1) is 0 Å². The molecule has 0 spiro atoms. The van der Waals surface area contributed by atoms with Crippen LogP contribution in [0.4, 0.5) is 17.6 Å². The van der Waals surface area contributed by atoms with E-state index in [-0.39, 0.29) is 11.5 Å². The fourth-order valence-corrected chi connectivity index (χ4v) is 3.30. The Hall–Kier alpha value is -2.64. The first-order chi connectivity index (χ1) is 15.5. The molecule has 4 nitrogen and oxygen atoms in total. The van der Waals surface area contributed by atoms with Crippen LogP contribution in [0.1, 0.15) is 36.8 Å². The third-order valence-electron chi connectivity index (χ3n) is 5.49. The first kappa shape index (κ1) is 22.6. The molecule has 8 heteroatoms. The van der Waals surface area contributed by atoms with Crippen LogP contribution in [-0.4, -0.2) is 26.4 Å². The summed E-state index contributed by atoms with van der Waals surface area (Å²) in [6, 6.07) is 9.87. The van der Waals surface area contributed by atoms with Gasteiger partial charge in [0.2, 0.25) is 0 Å². The minimum atomic E-state index is -2.92. The summed E-state index contributed by atoms with van der Waals surface area (Å²) in [6.07, 6.45) is 5.54. The predicted molar refractivity (Wildman–Crippen MR) is 110 cm³/mol. The van der Waals surface area contributed by atoms with E-state index in [0.717, 1.165) is 36.8 Å². The second-order valence-corrected chi connectivity index (χ2v) is 8.33. The summed E-state index contributed by atoms with van der Waals surface area (Å²) in [6.45, 7) is -4.88. The highest BCUT2D eigenvalue weighted by molar-refractivity contribution is 5.45. The van der Waals surface area contributed by atoms with Crippen molar-refractivity contribution in [2.75, 3.05) is 13.2 Å². The van der Waals surface area contributed by atoms with Gasteiger partial charge in [0.1, 0.15) is 0 Å². The van der Waals surface area contributed by atoms with Crippen LogP contribution < -0.4 is 18.9 Å². The molecular formula is C24H26F4O4. The fourth-order valence-electron chi connectivity index (χ4n) is 3.30. The van der Waals surface area contributed by atoms with Gasteiger partial charge in [-0.3, -0.25) is 0 Å². The molecule has 2 aromatic carbocycles. The van der Waals surface area contributed by atoms with Gasteiger partial charge >= 0.3 is 13.2 Å². The van der Waals surface area contributed by atoms with Crippen molar-refractivity contribution in [1.82, 2.24) is 0 Å². The lowest BCUT2D eigenvalue weighted by Crippen LogP contribution is -2.07. The Morgan fingerprint density at radius 3 is 1.38 bits per heavy atom. The molecule has 0 saturated heterocycles. The summed E-state index contributed by atoms with van der Waals surface area (Å²) in [5.41, 5.74) is 1.79. The molecule has 0 aromatic heterocycles. The van der Waals surface area contributed by atoms with Gasteiger partial charge in [0, 0.05) is 0 Å². The molecule has 0 atom stereocenters. The van der Waals surface area contributed by atoms with Crippen LogP contribution in [0.2, 0.25) is 0 Å². The first-order valence-corrected chi connectivity index (χ1v) is 10.9. The summed E-state index contributed by atoms with van der Waals surface area (Å²) in [5, 5.41) is 0. The zero-order chi connectivity index (χ0) is 22.5. The smallest absolute Gasteiger partial charge is 0.387 e. The predicted octanol–water partition coefficient (Wildman–Crippen LogP) is 6.25. The van der Waals surface area contributed by atoms with Crippen molar-refractivity contribution in [3.63, 3.8) is 0 Å². The molecule has 0 N–H and O–H groups in total. The van der Waals surface area contributed by atoms with E-state index in [9.17, 15) is 17.6 Å². The number of hydrogen-bond donors (Lipinski definition) is 0. The van der Waals surface area contributed by atoms with Crippen LogP contribution in [-0.2, 0) is 12.8 Å². The maximum atomic E-state index is 12.7. The van der Waals surface area contributed by atoms with Gasteiger partial charge in [0.25, 0.3) is 0 Å². The molecule has 2 saturated carbocycles. The van der Waals surface area contributed by atoms with Crippen LogP contribution in [0.25, 0.3) is 0 Å². The van der Waals surface area contributed by atoms with Gasteiger partial charge in [-0.2, -0.15) is 17.6 Å². The molecular weight excluding hydrogens is 428 g/mol. The maximum absolute atomic E-state index is 12.7. The molecule has 0 bridgehead atoms. The van der Waals surface area contributed by atoms with E-state index < -0.39 is 13.2 Å². The number of hydrogen-bond acceptors (Lipinski definition) is 4. The van der Waals surface area contributed by atoms with Crippen molar-refractivity contribution >= 4 is 0 Å². The first-order valence-electron chi connectivity index (χ1n) is 10.9. The highest BCUT2D eigenvalue weighted by Crippen LogP contribution is 2.36. The van der Waals surface area contributed by atoms with E-state index in [1.807, 2.05) is 0 Å². The van der Waals surface area contributed by atoms with Crippen LogP contribution in [0.5, 0.6) is 23.0 Å². The number of aryl methyl sites for hydroxylation is 2. The largest absolute Gasteiger partial charge is 0.489 e. The average Bonchev–Trinajstić information content (AvgIpc) is 3.66. The Balaban J connectivity index is 1.42. The molecule has 32 heavy (non-hydrogen) atoms. The number of ether oxygens (including phenoxy) is 4. The molecule has 0 aliphatic heterocycles. The van der Waals surface area contributed by atoms with E-state index in [2.05, 4.69) is 9.47 Å². The molecule has 0 amide bonds. The molecule has 2 aromatic rings. The van der Waals surface area contributed by atoms with E-state index in [4.69, 9.17) is 9.47 Å². The monoisotopic (exact) mass is 454 g/mol. The minimum Gasteiger partial charge on any atom is -0.489 e. The summed E-state index contributed by atoms with van der Waals surface area (Å²) in [5.74, 6) is 1.61. The molecule has 2 fully saturated rings. The lowest BCUT2D eigenvalue weighted by atomic mass is 10.0. The van der Waals surface area contributed by atoms with Gasteiger partial charge in [0.15, 0.2) is 23.0 Å². The normalized spacial score (nSPS) is 15.8. The summed E-state index contributed by atoms with van der Waals surface area (Å²) in [7, 11) is 0. The highest BCUT2D eigenvalue weighted by Gasteiger charge is 2.24. The van der Waals surface area contributed by atoms with Crippen molar-refractivity contribution in [2.24, 2.45) is 11.8 Å². The Bertz CT molecular complexity index is 824. The Labute approximate surface area is 184 Å². The van der Waals surface area contributed by atoms with Crippen molar-refractivity contribution in [2.45, 2.75) is 51.7 Å². The molecule has 4 rings (SSSR count). The van der Waals surface area contributed by atoms with Gasteiger partial charge in [0.05, 0.1) is 13.2 Å². The SMILES string of the molecule is FC(F)Oc1ccc(CCc2ccc(OC(F)F)c(OCC3CC3)c2)cc1OCC1CC1. The summed E-state index contributed by atoms with van der Waals surface area (Å²) in [4.78, 5) is 0. The third-order valence-corrected chi connectivity index (χ3v) is 5.49. The second kappa shape index (κ2) is 10.3. The second-order valence-electron chi connectivity index (χ2n) is 8.33. The van der Waals surface area contributed by atoms with E-state index in [0.29, 0.717) is 49.4 Å². The Kier molecular flexibility index (Phi) is 7.27. The topological polar surface area (TPSA) is 36.9 Å². The average molecular weight is 454 g/mol. The molecule has 2 aliphatic rings. The van der Waals surface area contributed by atoms with Crippen LogP contribution >= 0.6 is 0 Å². The van der Waals surface area contributed by atoms with Crippen molar-refractivity contribution in [3.8, 4) is 23.0 Å². The number of benzene rings is 2. The molecule has 0 unspecified atom stereocenters. The summed E-state index contributed by atoms with van der Waals surface area (Å²) >= 11 is 0. The van der Waals surface area contributed by atoms with Gasteiger partial charge in [-0.25, -0.2) is 0 Å². The van der Waals surface area contributed by atoms with Crippen molar-refractivity contribution in [1.29, 1.82) is 0 Å². The quantitative estimate of drug-likeness (QED) is 0.335. The summed E-state index contributed by atoms with van der Waals surface area (Å²) < 4.78 is 71.4. The molecule has 2 aliphatic carbocycles. The van der Waals surface area contributed by atoms with Crippen LogP contribution in [0, 0.1) is 11.8 Å².